The lowest BCUT2D eigenvalue weighted by Crippen LogP contribution is -2.48. The van der Waals surface area contributed by atoms with E-state index in [0.29, 0.717) is 11.3 Å². The Labute approximate surface area is 124 Å². The van der Waals surface area contributed by atoms with Crippen molar-refractivity contribution < 1.29 is 0 Å². The largest absolute Gasteiger partial charge is 0.254 e. The molecule has 2 aromatic heterocycles. The molecule has 1 aromatic carbocycles. The minimum atomic E-state index is 0.422. The van der Waals surface area contributed by atoms with Crippen LogP contribution in [0.2, 0.25) is 0 Å². The minimum absolute atomic E-state index is 0.422. The zero-order valence-electron chi connectivity index (χ0n) is 12.4. The second-order valence-corrected chi connectivity index (χ2v) is 7.26. The molecule has 0 spiro atoms. The summed E-state index contributed by atoms with van der Waals surface area (Å²) < 4.78 is 0. The van der Waals surface area contributed by atoms with E-state index in [0.717, 1.165) is 17.0 Å². The summed E-state index contributed by atoms with van der Waals surface area (Å²) >= 11 is 0. The number of rotatable bonds is 0. The van der Waals surface area contributed by atoms with Crippen LogP contribution in [0.4, 0.5) is 0 Å². The average Bonchev–Trinajstić information content (AvgIpc) is 2.52. The van der Waals surface area contributed by atoms with Crippen molar-refractivity contribution in [2.24, 2.45) is 11.3 Å². The second kappa shape index (κ2) is 3.62. The molecule has 2 bridgehead atoms. The SMILES string of the molecule is CC1(C)[C@@H]2Cc3cc4ccc5cccnc5c4nc3[C@@H]1C2. The molecule has 3 aliphatic carbocycles. The topological polar surface area (TPSA) is 25.8 Å². The summed E-state index contributed by atoms with van der Waals surface area (Å²) in [5, 5.41) is 2.41. The summed E-state index contributed by atoms with van der Waals surface area (Å²) in [5.41, 5.74) is 5.35. The number of nitrogens with zero attached hydrogens (tertiary/aromatic N) is 2. The Morgan fingerprint density at radius 1 is 1.10 bits per heavy atom. The van der Waals surface area contributed by atoms with Crippen LogP contribution in [0.15, 0.2) is 36.5 Å². The normalized spacial score (nSPS) is 25.6. The van der Waals surface area contributed by atoms with Crippen LogP contribution in [-0.2, 0) is 6.42 Å². The van der Waals surface area contributed by atoms with Gasteiger partial charge in [0, 0.05) is 28.6 Å². The van der Waals surface area contributed by atoms with Gasteiger partial charge in [-0.2, -0.15) is 0 Å². The molecule has 0 aliphatic heterocycles. The van der Waals surface area contributed by atoms with E-state index in [1.807, 2.05) is 12.3 Å². The van der Waals surface area contributed by atoms with Crippen molar-refractivity contribution in [3.8, 4) is 0 Å². The zero-order valence-corrected chi connectivity index (χ0v) is 12.4. The highest BCUT2D eigenvalue weighted by atomic mass is 14.8. The monoisotopic (exact) mass is 274 g/mol. The number of hydrogen-bond acceptors (Lipinski definition) is 2. The van der Waals surface area contributed by atoms with Gasteiger partial charge in [-0.1, -0.05) is 32.0 Å². The Hall–Kier alpha value is -1.96. The molecular weight excluding hydrogens is 256 g/mol. The zero-order chi connectivity index (χ0) is 14.2. The van der Waals surface area contributed by atoms with Crippen LogP contribution in [0.5, 0.6) is 0 Å². The van der Waals surface area contributed by atoms with E-state index in [1.165, 1.54) is 34.9 Å². The van der Waals surface area contributed by atoms with E-state index >= 15 is 0 Å². The van der Waals surface area contributed by atoms with Gasteiger partial charge in [0.1, 0.15) is 0 Å². The Balaban J connectivity index is 1.85. The molecular formula is C19H18N2. The molecule has 1 saturated carbocycles. The first-order chi connectivity index (χ1) is 10.1. The summed E-state index contributed by atoms with van der Waals surface area (Å²) in [7, 11) is 0. The average molecular weight is 274 g/mol. The van der Waals surface area contributed by atoms with Gasteiger partial charge in [0.25, 0.3) is 0 Å². The number of benzene rings is 1. The molecule has 1 fully saturated rings. The first-order valence-corrected chi connectivity index (χ1v) is 7.82. The second-order valence-electron chi connectivity index (χ2n) is 7.26. The molecule has 0 unspecified atom stereocenters. The molecule has 21 heavy (non-hydrogen) atoms. The van der Waals surface area contributed by atoms with Crippen LogP contribution in [0.3, 0.4) is 0 Å². The third-order valence-corrected chi connectivity index (χ3v) is 5.94. The molecule has 2 atom stereocenters. The van der Waals surface area contributed by atoms with Crippen LogP contribution in [0.1, 0.15) is 37.4 Å². The Kier molecular flexibility index (Phi) is 2.01. The van der Waals surface area contributed by atoms with Crippen molar-refractivity contribution in [3.05, 3.63) is 47.8 Å². The van der Waals surface area contributed by atoms with E-state index in [9.17, 15) is 0 Å². The van der Waals surface area contributed by atoms with Crippen LogP contribution < -0.4 is 0 Å². The van der Waals surface area contributed by atoms with Crippen LogP contribution in [-0.4, -0.2) is 9.97 Å². The van der Waals surface area contributed by atoms with Gasteiger partial charge in [-0.3, -0.25) is 4.98 Å². The highest BCUT2D eigenvalue weighted by molar-refractivity contribution is 6.02. The molecule has 0 saturated heterocycles. The molecule has 2 heterocycles. The molecule has 3 aromatic rings. The number of fused-ring (bicyclic) bond motifs is 3. The highest BCUT2D eigenvalue weighted by Crippen LogP contribution is 2.61. The molecule has 0 N–H and O–H groups in total. The maximum absolute atomic E-state index is 5.10. The van der Waals surface area contributed by atoms with Crippen molar-refractivity contribution in [1.82, 2.24) is 9.97 Å². The molecule has 6 rings (SSSR count). The molecule has 3 aliphatic rings. The lowest BCUT2D eigenvalue weighted by molar-refractivity contribution is 0.0158. The number of hydrogen-bond donors (Lipinski definition) is 0. The van der Waals surface area contributed by atoms with Crippen molar-refractivity contribution in [1.29, 1.82) is 0 Å². The lowest BCUT2D eigenvalue weighted by Gasteiger charge is -2.56. The van der Waals surface area contributed by atoms with Gasteiger partial charge in [0.2, 0.25) is 0 Å². The fourth-order valence-electron chi connectivity index (χ4n) is 4.39. The van der Waals surface area contributed by atoms with E-state index in [4.69, 9.17) is 4.98 Å². The van der Waals surface area contributed by atoms with Crippen LogP contribution >= 0.6 is 0 Å². The van der Waals surface area contributed by atoms with E-state index < -0.39 is 0 Å². The fraction of sp³-hybridized carbons (Fsp3) is 0.368. The molecule has 2 heteroatoms. The molecule has 104 valence electrons. The van der Waals surface area contributed by atoms with Gasteiger partial charge in [-0.25, -0.2) is 4.98 Å². The van der Waals surface area contributed by atoms with Gasteiger partial charge in [-0.05, 0) is 41.9 Å². The minimum Gasteiger partial charge on any atom is -0.254 e. The molecule has 0 amide bonds. The third kappa shape index (κ3) is 1.38. The van der Waals surface area contributed by atoms with Crippen LogP contribution in [0, 0.1) is 11.3 Å². The van der Waals surface area contributed by atoms with Gasteiger partial charge < -0.3 is 0 Å². The lowest BCUT2D eigenvalue weighted by atomic mass is 9.48. The quantitative estimate of drug-likeness (QED) is 0.565. The molecule has 2 nitrogen and oxygen atoms in total. The van der Waals surface area contributed by atoms with Crippen LogP contribution in [0.25, 0.3) is 21.8 Å². The Morgan fingerprint density at radius 3 is 2.81 bits per heavy atom. The van der Waals surface area contributed by atoms with Gasteiger partial charge >= 0.3 is 0 Å². The summed E-state index contributed by atoms with van der Waals surface area (Å²) in [6.45, 7) is 4.81. The van der Waals surface area contributed by atoms with Gasteiger partial charge in [0.05, 0.1) is 11.0 Å². The summed E-state index contributed by atoms with van der Waals surface area (Å²) in [4.78, 5) is 9.67. The van der Waals surface area contributed by atoms with Crippen molar-refractivity contribution in [2.75, 3.05) is 0 Å². The van der Waals surface area contributed by atoms with E-state index in [-0.39, 0.29) is 0 Å². The van der Waals surface area contributed by atoms with Crippen molar-refractivity contribution >= 4 is 21.8 Å². The van der Waals surface area contributed by atoms with Crippen molar-refractivity contribution in [3.63, 3.8) is 0 Å². The molecule has 0 radical (unpaired) electrons. The standard InChI is InChI=1S/C19H18N2/c1-19(2)14-9-13-8-12-6-5-11-4-3-7-20-17(11)18(12)21-16(13)15(19)10-14/h3-8,14-15H,9-10H2,1-2H3/t14-,15+/m1/s1. The third-order valence-electron chi connectivity index (χ3n) is 5.94. The fourth-order valence-corrected chi connectivity index (χ4v) is 4.39. The van der Waals surface area contributed by atoms with Crippen molar-refractivity contribution in [2.45, 2.75) is 32.6 Å². The number of pyridine rings is 2. The summed E-state index contributed by atoms with van der Waals surface area (Å²) in [6.07, 6.45) is 4.38. The number of aromatic nitrogens is 2. The Bertz CT molecular complexity index is 895. The highest BCUT2D eigenvalue weighted by Gasteiger charge is 2.53. The van der Waals surface area contributed by atoms with E-state index in [1.54, 1.807) is 0 Å². The van der Waals surface area contributed by atoms with E-state index in [2.05, 4.69) is 43.1 Å². The predicted molar refractivity (Wildman–Crippen MR) is 85.4 cm³/mol. The summed E-state index contributed by atoms with van der Waals surface area (Å²) in [5.74, 6) is 1.47. The Morgan fingerprint density at radius 2 is 1.95 bits per heavy atom. The van der Waals surface area contributed by atoms with Gasteiger partial charge in [0.15, 0.2) is 0 Å². The first-order valence-electron chi connectivity index (χ1n) is 7.82. The predicted octanol–water partition coefficient (Wildman–Crippen LogP) is 4.47. The first kappa shape index (κ1) is 11.7. The summed E-state index contributed by atoms with van der Waals surface area (Å²) in [6, 6.07) is 10.8. The maximum atomic E-state index is 5.10. The van der Waals surface area contributed by atoms with Gasteiger partial charge in [-0.15, -0.1) is 0 Å². The maximum Gasteiger partial charge on any atom is 0.0968 e. The smallest absolute Gasteiger partial charge is 0.0968 e.